The van der Waals surface area contributed by atoms with Crippen LogP contribution in [0.1, 0.15) is 0 Å². The van der Waals surface area contributed by atoms with E-state index in [-0.39, 0.29) is 28.0 Å². The lowest BCUT2D eigenvalue weighted by molar-refractivity contribution is 0.469. The third-order valence-corrected chi connectivity index (χ3v) is 4.73. The maximum absolute atomic E-state index is 14.7. The van der Waals surface area contributed by atoms with E-state index in [1.165, 1.54) is 42.5 Å². The Morgan fingerprint density at radius 1 is 0.433 bits per heavy atom. The zero-order valence-corrected chi connectivity index (χ0v) is 15.3. The van der Waals surface area contributed by atoms with Crippen LogP contribution in [0.4, 0.5) is 22.0 Å². The van der Waals surface area contributed by atoms with Gasteiger partial charge in [0, 0.05) is 11.6 Å². The molecule has 0 aliphatic heterocycles. The van der Waals surface area contributed by atoms with Gasteiger partial charge in [0.15, 0.2) is 11.6 Å². The monoisotopic (exact) mass is 412 g/mol. The van der Waals surface area contributed by atoms with Crippen molar-refractivity contribution in [2.45, 2.75) is 0 Å². The van der Waals surface area contributed by atoms with Gasteiger partial charge in [-0.2, -0.15) is 0 Å². The van der Waals surface area contributed by atoms with Crippen LogP contribution in [0, 0.1) is 29.1 Å². The fourth-order valence-corrected chi connectivity index (χ4v) is 3.25. The smallest absolute Gasteiger partial charge is 0.159 e. The molecule has 0 saturated carbocycles. The van der Waals surface area contributed by atoms with E-state index < -0.39 is 29.1 Å². The largest absolute Gasteiger partial charge is 0.508 e. The highest BCUT2D eigenvalue weighted by molar-refractivity contribution is 5.74. The molecular weight excluding hydrogens is 399 g/mol. The topological polar surface area (TPSA) is 20.2 Å². The number of phenolic OH excluding ortho intramolecular Hbond substituents is 1. The number of aromatic hydroxyl groups is 1. The lowest BCUT2D eigenvalue weighted by Gasteiger charge is -2.11. The lowest BCUT2D eigenvalue weighted by Crippen LogP contribution is -1.94. The first-order chi connectivity index (χ1) is 14.3. The Balaban J connectivity index is 1.71. The number of rotatable bonds is 3. The molecule has 0 aliphatic carbocycles. The van der Waals surface area contributed by atoms with Crippen molar-refractivity contribution in [1.82, 2.24) is 0 Å². The molecule has 1 nitrogen and oxygen atoms in total. The third-order valence-electron chi connectivity index (χ3n) is 4.73. The number of halogens is 5. The minimum Gasteiger partial charge on any atom is -0.508 e. The average Bonchev–Trinajstić information content (AvgIpc) is 2.70. The van der Waals surface area contributed by atoms with Crippen LogP contribution >= 0.6 is 0 Å². The Morgan fingerprint density at radius 2 is 1.00 bits per heavy atom. The molecule has 0 spiro atoms. The van der Waals surface area contributed by atoms with Crippen molar-refractivity contribution in [2.75, 3.05) is 0 Å². The first kappa shape index (κ1) is 19.6. The van der Waals surface area contributed by atoms with Gasteiger partial charge in [-0.1, -0.05) is 30.3 Å². The number of benzene rings is 4. The highest BCUT2D eigenvalue weighted by atomic mass is 19.2. The Hall–Kier alpha value is -3.67. The van der Waals surface area contributed by atoms with Gasteiger partial charge in [-0.3, -0.25) is 0 Å². The summed E-state index contributed by atoms with van der Waals surface area (Å²) in [5, 5.41) is 9.29. The fraction of sp³-hybridized carbons (Fsp3) is 0. The summed E-state index contributed by atoms with van der Waals surface area (Å²) in [5.74, 6) is -4.85. The molecule has 0 radical (unpaired) electrons. The molecule has 4 rings (SSSR count). The second kappa shape index (κ2) is 7.63. The van der Waals surface area contributed by atoms with E-state index >= 15 is 0 Å². The van der Waals surface area contributed by atoms with E-state index in [4.69, 9.17) is 0 Å². The molecule has 150 valence electrons. The molecule has 4 aromatic rings. The molecule has 0 fully saturated rings. The van der Waals surface area contributed by atoms with E-state index in [0.29, 0.717) is 11.1 Å². The van der Waals surface area contributed by atoms with E-state index in [1.54, 1.807) is 0 Å². The Kier molecular flexibility index (Phi) is 4.99. The van der Waals surface area contributed by atoms with Gasteiger partial charge in [0.25, 0.3) is 0 Å². The summed E-state index contributed by atoms with van der Waals surface area (Å²) in [4.78, 5) is 0. The quantitative estimate of drug-likeness (QED) is 0.356. The zero-order valence-electron chi connectivity index (χ0n) is 15.3. The minimum absolute atomic E-state index is 0.00958. The molecule has 0 heterocycles. The van der Waals surface area contributed by atoms with Crippen LogP contribution < -0.4 is 0 Å². The Morgan fingerprint density at radius 3 is 1.60 bits per heavy atom. The Labute approximate surface area is 168 Å². The lowest BCUT2D eigenvalue weighted by atomic mass is 9.96. The minimum atomic E-state index is -0.995. The summed E-state index contributed by atoms with van der Waals surface area (Å²) in [6.45, 7) is 0. The fourth-order valence-electron chi connectivity index (χ4n) is 3.25. The molecule has 0 aromatic heterocycles. The van der Waals surface area contributed by atoms with Crippen LogP contribution in [-0.4, -0.2) is 5.11 Å². The molecule has 1 N–H and O–H groups in total. The molecule has 30 heavy (non-hydrogen) atoms. The summed E-state index contributed by atoms with van der Waals surface area (Å²) in [7, 11) is 0. The van der Waals surface area contributed by atoms with Gasteiger partial charge in [-0.05, 0) is 58.7 Å². The average molecular weight is 412 g/mol. The SMILES string of the molecule is Oc1ccc(-c2cc(F)c(-c3ccc(-c4ccc(F)c(F)c4)cc3)c(F)c2)c(F)c1. The van der Waals surface area contributed by atoms with Gasteiger partial charge >= 0.3 is 0 Å². The molecular formula is C24H13F5O. The van der Waals surface area contributed by atoms with Gasteiger partial charge in [-0.25, -0.2) is 22.0 Å². The maximum atomic E-state index is 14.7. The molecule has 0 amide bonds. The summed E-state index contributed by atoms with van der Waals surface area (Å²) >= 11 is 0. The van der Waals surface area contributed by atoms with E-state index in [0.717, 1.165) is 30.3 Å². The van der Waals surface area contributed by atoms with Crippen LogP contribution in [-0.2, 0) is 0 Å². The summed E-state index contributed by atoms with van der Waals surface area (Å²) in [6, 6.07) is 14.8. The number of hydrogen-bond acceptors (Lipinski definition) is 1. The second-order valence-corrected chi connectivity index (χ2v) is 6.69. The van der Waals surface area contributed by atoms with Crippen molar-refractivity contribution in [2.24, 2.45) is 0 Å². The number of hydrogen-bond donors (Lipinski definition) is 1. The Bertz CT molecular complexity index is 1230. The van der Waals surface area contributed by atoms with E-state index in [2.05, 4.69) is 0 Å². The van der Waals surface area contributed by atoms with Gasteiger partial charge < -0.3 is 5.11 Å². The summed E-state index contributed by atoms with van der Waals surface area (Å²) in [5.41, 5.74) is 0.833. The summed E-state index contributed by atoms with van der Waals surface area (Å²) < 4.78 is 70.0. The van der Waals surface area contributed by atoms with Gasteiger partial charge in [0.2, 0.25) is 0 Å². The zero-order chi connectivity index (χ0) is 21.4. The van der Waals surface area contributed by atoms with Crippen molar-refractivity contribution in [1.29, 1.82) is 0 Å². The molecule has 0 saturated heterocycles. The molecule has 6 heteroatoms. The van der Waals surface area contributed by atoms with Crippen molar-refractivity contribution >= 4 is 0 Å². The first-order valence-corrected chi connectivity index (χ1v) is 8.87. The van der Waals surface area contributed by atoms with Crippen LogP contribution in [0.3, 0.4) is 0 Å². The molecule has 0 atom stereocenters. The van der Waals surface area contributed by atoms with Gasteiger partial charge in [0.05, 0.1) is 5.56 Å². The van der Waals surface area contributed by atoms with Gasteiger partial charge in [-0.15, -0.1) is 0 Å². The third kappa shape index (κ3) is 3.64. The van der Waals surface area contributed by atoms with Crippen molar-refractivity contribution in [3.05, 3.63) is 102 Å². The van der Waals surface area contributed by atoms with E-state index in [9.17, 15) is 27.1 Å². The molecule has 4 aromatic carbocycles. The summed E-state index contributed by atoms with van der Waals surface area (Å²) in [6.07, 6.45) is 0. The van der Waals surface area contributed by atoms with Crippen LogP contribution in [0.2, 0.25) is 0 Å². The normalized spacial score (nSPS) is 11.0. The van der Waals surface area contributed by atoms with Crippen molar-refractivity contribution in [3.8, 4) is 39.1 Å². The maximum Gasteiger partial charge on any atom is 0.159 e. The van der Waals surface area contributed by atoms with Crippen molar-refractivity contribution < 1.29 is 27.1 Å². The highest BCUT2D eigenvalue weighted by Gasteiger charge is 2.16. The predicted molar refractivity (Wildman–Crippen MR) is 104 cm³/mol. The van der Waals surface area contributed by atoms with Crippen LogP contribution in [0.25, 0.3) is 33.4 Å². The first-order valence-electron chi connectivity index (χ1n) is 8.87. The van der Waals surface area contributed by atoms with Crippen LogP contribution in [0.5, 0.6) is 5.75 Å². The molecule has 0 aliphatic rings. The van der Waals surface area contributed by atoms with Gasteiger partial charge in [0.1, 0.15) is 23.2 Å². The molecule has 0 unspecified atom stereocenters. The molecule has 0 bridgehead atoms. The second-order valence-electron chi connectivity index (χ2n) is 6.69. The van der Waals surface area contributed by atoms with Crippen molar-refractivity contribution in [3.63, 3.8) is 0 Å². The van der Waals surface area contributed by atoms with E-state index in [1.807, 2.05) is 0 Å². The number of phenols is 1. The highest BCUT2D eigenvalue weighted by Crippen LogP contribution is 2.34. The predicted octanol–water partition coefficient (Wildman–Crippen LogP) is 7.09. The standard InChI is InChI=1S/C24H13F5O/c25-19-8-5-15(9-21(19)27)13-1-3-14(4-2-13)24-22(28)10-16(11-23(24)29)18-7-6-17(30)12-20(18)26/h1-12,30H. The van der Waals surface area contributed by atoms with Crippen LogP contribution in [0.15, 0.2) is 72.8 Å².